The van der Waals surface area contributed by atoms with E-state index in [2.05, 4.69) is 0 Å². The minimum Gasteiger partial charge on any atom is -0.347 e. The van der Waals surface area contributed by atoms with Crippen LogP contribution in [0.1, 0.15) is 23.3 Å². The number of amides is 2. The largest absolute Gasteiger partial charge is 0.347 e. The first kappa shape index (κ1) is 13.6. The standard InChI is InChI=1S/C16H17N3O2S/c1-17-6-2-3-13(17)16(21)18-7-4-12-14(18)9-15(20)19(12)11-5-8-22-10-11/h2-3,5-6,8,10,12,14H,4,7,9H2,1H3/t12-,14+/m0/s1. The molecule has 22 heavy (non-hydrogen) atoms. The van der Waals surface area contributed by atoms with Crippen molar-refractivity contribution in [1.29, 1.82) is 0 Å². The summed E-state index contributed by atoms with van der Waals surface area (Å²) < 4.78 is 1.84. The Morgan fingerprint density at radius 1 is 1.32 bits per heavy atom. The summed E-state index contributed by atoms with van der Waals surface area (Å²) in [4.78, 5) is 28.9. The van der Waals surface area contributed by atoms with E-state index in [1.165, 1.54) is 0 Å². The van der Waals surface area contributed by atoms with Crippen molar-refractivity contribution in [2.75, 3.05) is 11.4 Å². The maximum Gasteiger partial charge on any atom is 0.270 e. The third kappa shape index (κ3) is 1.90. The fraction of sp³-hybridized carbons (Fsp3) is 0.375. The molecule has 4 rings (SSSR count). The van der Waals surface area contributed by atoms with Crippen LogP contribution in [-0.4, -0.2) is 39.9 Å². The predicted molar refractivity (Wildman–Crippen MR) is 85.1 cm³/mol. The lowest BCUT2D eigenvalue weighted by Gasteiger charge is -2.25. The zero-order valence-electron chi connectivity index (χ0n) is 12.3. The molecule has 0 aliphatic carbocycles. The summed E-state index contributed by atoms with van der Waals surface area (Å²) in [5, 5.41) is 3.99. The van der Waals surface area contributed by atoms with Crippen LogP contribution in [0.15, 0.2) is 35.2 Å². The molecule has 2 amide bonds. The number of likely N-dealkylation sites (tertiary alicyclic amines) is 1. The minimum absolute atomic E-state index is 0.00481. The number of anilines is 1. The number of carbonyl (C=O) groups excluding carboxylic acids is 2. The monoisotopic (exact) mass is 315 g/mol. The molecule has 5 nitrogen and oxygen atoms in total. The van der Waals surface area contributed by atoms with Crippen molar-refractivity contribution in [3.63, 3.8) is 0 Å². The van der Waals surface area contributed by atoms with Gasteiger partial charge in [0.25, 0.3) is 5.91 Å². The molecule has 2 saturated heterocycles. The quantitative estimate of drug-likeness (QED) is 0.852. The van der Waals surface area contributed by atoms with E-state index in [1.807, 2.05) is 56.6 Å². The second-order valence-electron chi connectivity index (χ2n) is 5.88. The van der Waals surface area contributed by atoms with E-state index in [0.717, 1.165) is 12.1 Å². The first-order valence-corrected chi connectivity index (χ1v) is 8.37. The first-order chi connectivity index (χ1) is 10.7. The molecular weight excluding hydrogens is 298 g/mol. The van der Waals surface area contributed by atoms with Gasteiger partial charge in [-0.15, -0.1) is 0 Å². The summed E-state index contributed by atoms with van der Waals surface area (Å²) >= 11 is 1.59. The van der Waals surface area contributed by atoms with Gasteiger partial charge in [0.05, 0.1) is 17.8 Å². The first-order valence-electron chi connectivity index (χ1n) is 7.43. The topological polar surface area (TPSA) is 45.6 Å². The number of carbonyl (C=O) groups is 2. The number of thiophene rings is 1. The molecule has 0 N–H and O–H groups in total. The lowest BCUT2D eigenvalue weighted by Crippen LogP contribution is -2.40. The molecule has 6 heteroatoms. The number of fused-ring (bicyclic) bond motifs is 1. The Bertz CT molecular complexity index is 722. The summed E-state index contributed by atoms with van der Waals surface area (Å²) in [5.41, 5.74) is 1.65. The highest BCUT2D eigenvalue weighted by molar-refractivity contribution is 7.08. The predicted octanol–water partition coefficient (Wildman–Crippen LogP) is 2.11. The van der Waals surface area contributed by atoms with Gasteiger partial charge in [-0.25, -0.2) is 0 Å². The summed E-state index contributed by atoms with van der Waals surface area (Å²) in [6.07, 6.45) is 3.15. The molecule has 2 aliphatic rings. The number of rotatable bonds is 2. The van der Waals surface area contributed by atoms with E-state index in [4.69, 9.17) is 0 Å². The van der Waals surface area contributed by atoms with E-state index in [0.29, 0.717) is 18.7 Å². The number of hydrogen-bond acceptors (Lipinski definition) is 3. The zero-order valence-corrected chi connectivity index (χ0v) is 13.1. The zero-order chi connectivity index (χ0) is 15.3. The number of aryl methyl sites for hydroxylation is 1. The SMILES string of the molecule is Cn1cccc1C(=O)N1CC[C@H]2[C@H]1CC(=O)N2c1ccsc1. The molecule has 0 aromatic carbocycles. The van der Waals surface area contributed by atoms with Crippen LogP contribution >= 0.6 is 11.3 Å². The summed E-state index contributed by atoms with van der Waals surface area (Å²) in [6.45, 7) is 0.716. The van der Waals surface area contributed by atoms with Gasteiger partial charge in [-0.05, 0) is 30.0 Å². The highest BCUT2D eigenvalue weighted by Gasteiger charge is 2.49. The normalized spacial score (nSPS) is 24.1. The summed E-state index contributed by atoms with van der Waals surface area (Å²) in [7, 11) is 1.87. The number of aromatic nitrogens is 1. The fourth-order valence-corrected chi connectivity index (χ4v) is 4.29. The van der Waals surface area contributed by atoms with Gasteiger partial charge in [0.2, 0.25) is 5.91 Å². The molecule has 2 aromatic rings. The third-order valence-electron chi connectivity index (χ3n) is 4.70. The highest BCUT2D eigenvalue weighted by atomic mass is 32.1. The number of hydrogen-bond donors (Lipinski definition) is 0. The molecule has 4 heterocycles. The second kappa shape index (κ2) is 4.98. The lowest BCUT2D eigenvalue weighted by atomic mass is 10.1. The van der Waals surface area contributed by atoms with Gasteiger partial charge in [-0.2, -0.15) is 11.3 Å². The van der Waals surface area contributed by atoms with Gasteiger partial charge < -0.3 is 14.4 Å². The molecule has 0 spiro atoms. The minimum atomic E-state index is -0.00481. The Hall–Kier alpha value is -2.08. The van der Waals surface area contributed by atoms with Crippen molar-refractivity contribution >= 4 is 28.8 Å². The van der Waals surface area contributed by atoms with E-state index >= 15 is 0 Å². The van der Waals surface area contributed by atoms with Crippen LogP contribution in [0.2, 0.25) is 0 Å². The molecule has 2 atom stereocenters. The summed E-state index contributed by atoms with van der Waals surface area (Å²) in [6, 6.07) is 5.80. The Balaban J connectivity index is 1.61. The van der Waals surface area contributed by atoms with Gasteiger partial charge in [-0.1, -0.05) is 0 Å². The van der Waals surface area contributed by atoms with E-state index < -0.39 is 0 Å². The van der Waals surface area contributed by atoms with Crippen LogP contribution in [0.3, 0.4) is 0 Å². The highest BCUT2D eigenvalue weighted by Crippen LogP contribution is 2.37. The van der Waals surface area contributed by atoms with Crippen LogP contribution in [0, 0.1) is 0 Å². The Morgan fingerprint density at radius 2 is 2.18 bits per heavy atom. The smallest absolute Gasteiger partial charge is 0.270 e. The van der Waals surface area contributed by atoms with Crippen molar-refractivity contribution in [1.82, 2.24) is 9.47 Å². The Kier molecular flexibility index (Phi) is 3.07. The average molecular weight is 315 g/mol. The van der Waals surface area contributed by atoms with Crippen molar-refractivity contribution in [2.45, 2.75) is 24.9 Å². The van der Waals surface area contributed by atoms with Gasteiger partial charge in [0, 0.05) is 31.6 Å². The Labute approximate surface area is 132 Å². The van der Waals surface area contributed by atoms with E-state index in [9.17, 15) is 9.59 Å². The van der Waals surface area contributed by atoms with Crippen LogP contribution in [-0.2, 0) is 11.8 Å². The molecule has 0 radical (unpaired) electrons. The van der Waals surface area contributed by atoms with Crippen molar-refractivity contribution in [3.05, 3.63) is 40.8 Å². The van der Waals surface area contributed by atoms with Crippen molar-refractivity contribution in [2.24, 2.45) is 7.05 Å². The molecule has 114 valence electrons. The second-order valence-corrected chi connectivity index (χ2v) is 6.66. The van der Waals surface area contributed by atoms with Crippen LogP contribution in [0.5, 0.6) is 0 Å². The van der Waals surface area contributed by atoms with Crippen LogP contribution in [0.25, 0.3) is 0 Å². The van der Waals surface area contributed by atoms with Gasteiger partial charge >= 0.3 is 0 Å². The van der Waals surface area contributed by atoms with E-state index in [1.54, 1.807) is 11.3 Å². The Morgan fingerprint density at radius 3 is 2.86 bits per heavy atom. The van der Waals surface area contributed by atoms with Gasteiger partial charge in [0.1, 0.15) is 5.69 Å². The summed E-state index contributed by atoms with van der Waals surface area (Å²) in [5.74, 6) is 0.151. The third-order valence-corrected chi connectivity index (χ3v) is 5.37. The van der Waals surface area contributed by atoms with Gasteiger partial charge in [-0.3, -0.25) is 9.59 Å². The average Bonchev–Trinajstić information content (AvgIpc) is 3.22. The molecule has 2 aromatic heterocycles. The fourth-order valence-electron chi connectivity index (χ4n) is 3.66. The molecule has 0 bridgehead atoms. The van der Waals surface area contributed by atoms with Crippen molar-refractivity contribution < 1.29 is 9.59 Å². The van der Waals surface area contributed by atoms with Gasteiger partial charge in [0.15, 0.2) is 0 Å². The van der Waals surface area contributed by atoms with E-state index in [-0.39, 0.29) is 23.9 Å². The lowest BCUT2D eigenvalue weighted by molar-refractivity contribution is -0.117. The molecule has 0 unspecified atom stereocenters. The van der Waals surface area contributed by atoms with Crippen molar-refractivity contribution in [3.8, 4) is 0 Å². The van der Waals surface area contributed by atoms with Crippen LogP contribution in [0.4, 0.5) is 5.69 Å². The molecule has 2 aliphatic heterocycles. The van der Waals surface area contributed by atoms with Crippen LogP contribution < -0.4 is 4.90 Å². The molecular formula is C16H17N3O2S. The maximum atomic E-state index is 12.7. The molecule has 2 fully saturated rings. The number of nitrogens with zero attached hydrogens (tertiary/aromatic N) is 3. The maximum absolute atomic E-state index is 12.7. The molecule has 0 saturated carbocycles.